The van der Waals surface area contributed by atoms with Crippen LogP contribution in [0.2, 0.25) is 0 Å². The number of rotatable bonds is 4. The van der Waals surface area contributed by atoms with E-state index in [1.54, 1.807) is 10.9 Å². The summed E-state index contributed by atoms with van der Waals surface area (Å²) in [4.78, 5) is 10.2. The number of halogens is 1. The van der Waals surface area contributed by atoms with E-state index >= 15 is 0 Å². The summed E-state index contributed by atoms with van der Waals surface area (Å²) in [5.74, 6) is 0. The van der Waals surface area contributed by atoms with Gasteiger partial charge in [-0.25, -0.2) is 0 Å². The van der Waals surface area contributed by atoms with Gasteiger partial charge in [0.25, 0.3) is 0 Å². The number of hydrogen-bond donors (Lipinski definition) is 0. The molecular weight excluding hydrogens is 259 g/mol. The Bertz CT molecular complexity index is 236. The molecular formula is C6H7IN2O2. The van der Waals surface area contributed by atoms with Crippen LogP contribution in [-0.4, -0.2) is 22.7 Å². The first-order chi connectivity index (χ1) is 5.36. The van der Waals surface area contributed by atoms with Gasteiger partial charge in [-0.2, -0.15) is 5.10 Å². The Morgan fingerprint density at radius 1 is 1.82 bits per heavy atom. The normalized spacial score (nSPS) is 9.91. The molecule has 0 fully saturated rings. The molecule has 0 aliphatic heterocycles. The van der Waals surface area contributed by atoms with Gasteiger partial charge in [0.1, 0.15) is 23.0 Å². The van der Waals surface area contributed by atoms with Crippen LogP contribution in [0, 0.1) is 0 Å². The molecule has 0 atom stereocenters. The van der Waals surface area contributed by atoms with Gasteiger partial charge in [0.05, 0.1) is 24.9 Å². The molecule has 0 saturated heterocycles. The van der Waals surface area contributed by atoms with Crippen LogP contribution in [0.3, 0.4) is 0 Å². The Kier molecular flexibility index (Phi) is 3.50. The average molecular weight is 266 g/mol. The number of carbonyl (C=O) groups is 1. The van der Waals surface area contributed by atoms with Gasteiger partial charge in [-0.3, -0.25) is 9.48 Å². The second-order valence-electron chi connectivity index (χ2n) is 1.97. The number of hydrogen-bond acceptors (Lipinski definition) is 3. The van der Waals surface area contributed by atoms with E-state index < -0.39 is 0 Å². The van der Waals surface area contributed by atoms with E-state index in [1.165, 1.54) is 6.20 Å². The lowest BCUT2D eigenvalue weighted by Gasteiger charge is -1.95. The second-order valence-corrected chi connectivity index (χ2v) is 2.59. The molecule has 0 aliphatic carbocycles. The lowest BCUT2D eigenvalue weighted by Crippen LogP contribution is -2.02. The van der Waals surface area contributed by atoms with Crippen molar-refractivity contribution >= 4 is 29.3 Å². The van der Waals surface area contributed by atoms with Crippen LogP contribution in [0.5, 0.6) is 0 Å². The zero-order valence-electron chi connectivity index (χ0n) is 5.74. The minimum absolute atomic E-state index is 0.596. The number of aldehydes is 1. The molecule has 0 unspecified atom stereocenters. The van der Waals surface area contributed by atoms with Crippen LogP contribution >= 0.6 is 23.0 Å². The van der Waals surface area contributed by atoms with Crippen molar-refractivity contribution in [3.05, 3.63) is 18.0 Å². The molecule has 1 aromatic heterocycles. The Hall–Kier alpha value is -0.430. The highest BCUT2D eigenvalue weighted by Crippen LogP contribution is 1.94. The molecule has 0 radical (unpaired) electrons. The first-order valence-electron chi connectivity index (χ1n) is 3.08. The maximum Gasteiger partial charge on any atom is 0.153 e. The van der Waals surface area contributed by atoms with Crippen molar-refractivity contribution in [1.29, 1.82) is 0 Å². The van der Waals surface area contributed by atoms with Crippen molar-refractivity contribution in [3.63, 3.8) is 0 Å². The molecule has 0 spiro atoms. The molecule has 11 heavy (non-hydrogen) atoms. The summed E-state index contributed by atoms with van der Waals surface area (Å²) in [6, 6.07) is 0. The molecule has 0 N–H and O–H groups in total. The van der Waals surface area contributed by atoms with Gasteiger partial charge >= 0.3 is 0 Å². The SMILES string of the molecule is O=Cc1cnn(CCOI)c1. The van der Waals surface area contributed by atoms with Gasteiger partial charge in [0.2, 0.25) is 0 Å². The topological polar surface area (TPSA) is 44.1 Å². The highest BCUT2D eigenvalue weighted by molar-refractivity contribution is 14.1. The number of nitrogens with zero attached hydrogens (tertiary/aromatic N) is 2. The Morgan fingerprint density at radius 2 is 2.64 bits per heavy atom. The molecule has 60 valence electrons. The lowest BCUT2D eigenvalue weighted by atomic mass is 10.4. The monoisotopic (exact) mass is 266 g/mol. The quantitative estimate of drug-likeness (QED) is 0.604. The van der Waals surface area contributed by atoms with Crippen molar-refractivity contribution in [2.24, 2.45) is 0 Å². The second kappa shape index (κ2) is 4.45. The van der Waals surface area contributed by atoms with Crippen LogP contribution in [0.25, 0.3) is 0 Å². The van der Waals surface area contributed by atoms with Crippen molar-refractivity contribution in [3.8, 4) is 0 Å². The molecule has 1 rings (SSSR count). The zero-order valence-corrected chi connectivity index (χ0v) is 7.89. The summed E-state index contributed by atoms with van der Waals surface area (Å²) in [6.45, 7) is 1.28. The molecule has 0 amide bonds. The van der Waals surface area contributed by atoms with E-state index in [-0.39, 0.29) is 0 Å². The summed E-state index contributed by atoms with van der Waals surface area (Å²) in [5.41, 5.74) is 0.596. The average Bonchev–Trinajstić information content (AvgIpc) is 2.48. The summed E-state index contributed by atoms with van der Waals surface area (Å²) >= 11 is 1.82. The number of aromatic nitrogens is 2. The first-order valence-corrected chi connectivity index (χ1v) is 3.96. The molecule has 0 aliphatic rings. The van der Waals surface area contributed by atoms with Gasteiger partial charge in [-0.15, -0.1) is 0 Å². The van der Waals surface area contributed by atoms with Crippen LogP contribution in [0.1, 0.15) is 10.4 Å². The third-order valence-corrected chi connectivity index (χ3v) is 1.63. The summed E-state index contributed by atoms with van der Waals surface area (Å²) < 4.78 is 6.48. The van der Waals surface area contributed by atoms with Crippen molar-refractivity contribution < 1.29 is 7.86 Å². The first kappa shape index (κ1) is 8.66. The van der Waals surface area contributed by atoms with Crippen LogP contribution in [0.15, 0.2) is 12.4 Å². The van der Waals surface area contributed by atoms with E-state index in [9.17, 15) is 4.79 Å². The number of carbonyl (C=O) groups excluding carboxylic acids is 1. The summed E-state index contributed by atoms with van der Waals surface area (Å²) in [5, 5.41) is 3.93. The van der Waals surface area contributed by atoms with Crippen molar-refractivity contribution in [1.82, 2.24) is 9.78 Å². The molecule has 5 heteroatoms. The standard InChI is InChI=1S/C6H7IN2O2/c7-11-2-1-9-4-6(5-10)3-8-9/h3-5H,1-2H2. The fourth-order valence-corrected chi connectivity index (χ4v) is 0.888. The largest absolute Gasteiger partial charge is 0.314 e. The summed E-state index contributed by atoms with van der Waals surface area (Å²) in [7, 11) is 0. The molecule has 4 nitrogen and oxygen atoms in total. The molecule has 1 heterocycles. The minimum atomic E-state index is 0.596. The van der Waals surface area contributed by atoms with Crippen molar-refractivity contribution in [2.45, 2.75) is 6.54 Å². The predicted molar refractivity (Wildman–Crippen MR) is 47.6 cm³/mol. The van der Waals surface area contributed by atoms with Gasteiger partial charge in [-0.1, -0.05) is 0 Å². The van der Waals surface area contributed by atoms with Crippen LogP contribution in [-0.2, 0) is 9.61 Å². The van der Waals surface area contributed by atoms with E-state index in [1.807, 2.05) is 23.0 Å². The van der Waals surface area contributed by atoms with Gasteiger partial charge in [-0.05, 0) is 0 Å². The smallest absolute Gasteiger partial charge is 0.153 e. The third-order valence-electron chi connectivity index (χ3n) is 1.19. The van der Waals surface area contributed by atoms with Crippen molar-refractivity contribution in [2.75, 3.05) is 6.61 Å². The Balaban J connectivity index is 2.51. The minimum Gasteiger partial charge on any atom is -0.314 e. The predicted octanol–water partition coefficient (Wildman–Crippen LogP) is 1.06. The maximum absolute atomic E-state index is 10.2. The molecule has 0 bridgehead atoms. The van der Waals surface area contributed by atoms with E-state index in [2.05, 4.69) is 5.10 Å². The fourth-order valence-electron chi connectivity index (χ4n) is 0.691. The highest BCUT2D eigenvalue weighted by Gasteiger charge is 1.95. The van der Waals surface area contributed by atoms with Crippen LogP contribution < -0.4 is 0 Å². The van der Waals surface area contributed by atoms with E-state index in [0.717, 1.165) is 6.29 Å². The highest BCUT2D eigenvalue weighted by atomic mass is 127. The third kappa shape index (κ3) is 2.58. The van der Waals surface area contributed by atoms with Gasteiger partial charge < -0.3 is 3.07 Å². The Labute approximate surface area is 78.2 Å². The molecule has 1 aromatic rings. The van der Waals surface area contributed by atoms with E-state index in [4.69, 9.17) is 3.07 Å². The van der Waals surface area contributed by atoms with Crippen LogP contribution in [0.4, 0.5) is 0 Å². The lowest BCUT2D eigenvalue weighted by molar-refractivity contribution is 0.112. The van der Waals surface area contributed by atoms with E-state index in [0.29, 0.717) is 18.7 Å². The fraction of sp³-hybridized carbons (Fsp3) is 0.333. The van der Waals surface area contributed by atoms with Gasteiger partial charge in [0, 0.05) is 6.20 Å². The van der Waals surface area contributed by atoms with Gasteiger partial charge in [0.15, 0.2) is 6.29 Å². The summed E-state index contributed by atoms with van der Waals surface area (Å²) in [6.07, 6.45) is 3.98. The maximum atomic E-state index is 10.2. The Morgan fingerprint density at radius 3 is 3.18 bits per heavy atom. The molecule has 0 saturated carbocycles. The molecule has 0 aromatic carbocycles. The zero-order chi connectivity index (χ0) is 8.10.